The van der Waals surface area contributed by atoms with Crippen LogP contribution in [0.5, 0.6) is 11.5 Å². The molecule has 0 saturated heterocycles. The summed E-state index contributed by atoms with van der Waals surface area (Å²) in [6.45, 7) is 10.2. The number of hydrogen-bond donors (Lipinski definition) is 0. The van der Waals surface area contributed by atoms with Crippen LogP contribution in [0.25, 0.3) is 0 Å². The lowest BCUT2D eigenvalue weighted by Gasteiger charge is -2.33. The largest absolute Gasteiger partial charge is 0.479 e. The fourth-order valence-electron chi connectivity index (χ4n) is 3.38. The first-order valence-electron chi connectivity index (χ1n) is 11.3. The first-order valence-corrected chi connectivity index (χ1v) is 12.1. The maximum Gasteiger partial charge on any atom is 0.416 e. The maximum atomic E-state index is 12.2. The third-order valence-electron chi connectivity index (χ3n) is 5.23. The van der Waals surface area contributed by atoms with E-state index in [1.807, 2.05) is 13.8 Å². The minimum absolute atomic E-state index is 0.199. The number of methoxy groups -OCH3 is 2. The molecule has 6 nitrogen and oxygen atoms in total. The van der Waals surface area contributed by atoms with Gasteiger partial charge in [-0.05, 0) is 39.3 Å². The number of fused-ring (bicyclic) bond motifs is 1. The standard InChI is InChI=1S/C16H26O6S.C9H9F3/c1-11-15-16(12(2)23-11)22-14(10-20-8-6-18-4)13(21-15)9-19-7-5-17-3;1-6-3-4-7(2)8(5-6)9(10,11)12/h13-14H,5-10H2,1-4H3;3-5H,1-2H3. The number of alkyl halides is 3. The summed E-state index contributed by atoms with van der Waals surface area (Å²) in [6, 6.07) is 4.32. The molecule has 1 aliphatic heterocycles. The van der Waals surface area contributed by atoms with Gasteiger partial charge in [-0.15, -0.1) is 11.3 Å². The Morgan fingerprint density at radius 1 is 0.800 bits per heavy atom. The van der Waals surface area contributed by atoms with Crippen LogP contribution in [-0.4, -0.2) is 66.1 Å². The lowest BCUT2D eigenvalue weighted by Crippen LogP contribution is -2.46. The third kappa shape index (κ3) is 8.95. The summed E-state index contributed by atoms with van der Waals surface area (Å²) < 4.78 is 70.2. The van der Waals surface area contributed by atoms with E-state index in [1.54, 1.807) is 38.5 Å². The predicted molar refractivity (Wildman–Crippen MR) is 129 cm³/mol. The monoisotopic (exact) mass is 520 g/mol. The summed E-state index contributed by atoms with van der Waals surface area (Å²) in [5.74, 6) is 1.67. The molecule has 2 atom stereocenters. The Labute approximate surface area is 209 Å². The van der Waals surface area contributed by atoms with Crippen molar-refractivity contribution >= 4 is 11.3 Å². The Balaban J connectivity index is 0.000000303. The van der Waals surface area contributed by atoms with Crippen LogP contribution < -0.4 is 9.47 Å². The molecular formula is C25H35F3O6S. The quantitative estimate of drug-likeness (QED) is 0.385. The second kappa shape index (κ2) is 14.0. The van der Waals surface area contributed by atoms with Crippen molar-refractivity contribution in [3.8, 4) is 11.5 Å². The Kier molecular flexibility index (Phi) is 11.8. The second-order valence-corrected chi connectivity index (χ2v) is 9.57. The van der Waals surface area contributed by atoms with Gasteiger partial charge >= 0.3 is 6.18 Å². The van der Waals surface area contributed by atoms with E-state index < -0.39 is 11.7 Å². The molecule has 10 heteroatoms. The van der Waals surface area contributed by atoms with Crippen molar-refractivity contribution in [1.82, 2.24) is 0 Å². The van der Waals surface area contributed by atoms with Gasteiger partial charge in [-0.2, -0.15) is 13.2 Å². The van der Waals surface area contributed by atoms with Gasteiger partial charge in [0.1, 0.15) is 0 Å². The van der Waals surface area contributed by atoms with Crippen LogP contribution in [0.2, 0.25) is 0 Å². The highest BCUT2D eigenvalue weighted by atomic mass is 32.1. The summed E-state index contributed by atoms with van der Waals surface area (Å²) in [7, 11) is 3.31. The van der Waals surface area contributed by atoms with Gasteiger partial charge in [0.05, 0.1) is 45.2 Å². The van der Waals surface area contributed by atoms with Gasteiger partial charge in [-0.3, -0.25) is 0 Å². The molecule has 2 heterocycles. The average Bonchev–Trinajstić information content (AvgIpc) is 3.08. The van der Waals surface area contributed by atoms with E-state index in [-0.39, 0.29) is 17.8 Å². The van der Waals surface area contributed by atoms with Gasteiger partial charge in [-0.25, -0.2) is 0 Å². The number of halogens is 3. The predicted octanol–water partition coefficient (Wildman–Crippen LogP) is 5.52. The smallest absolute Gasteiger partial charge is 0.416 e. The first-order chi connectivity index (χ1) is 16.6. The van der Waals surface area contributed by atoms with E-state index in [9.17, 15) is 13.2 Å². The minimum Gasteiger partial charge on any atom is -0.479 e. The van der Waals surface area contributed by atoms with Crippen molar-refractivity contribution < 1.29 is 41.6 Å². The van der Waals surface area contributed by atoms with Crippen LogP contribution in [0.4, 0.5) is 13.2 Å². The van der Waals surface area contributed by atoms with Crippen LogP contribution in [0, 0.1) is 27.7 Å². The molecule has 0 fully saturated rings. The van der Waals surface area contributed by atoms with Crippen molar-refractivity contribution in [3.63, 3.8) is 0 Å². The number of ether oxygens (including phenoxy) is 6. The third-order valence-corrected chi connectivity index (χ3v) is 6.21. The van der Waals surface area contributed by atoms with Gasteiger partial charge < -0.3 is 28.4 Å². The van der Waals surface area contributed by atoms with Crippen LogP contribution in [0.1, 0.15) is 26.4 Å². The molecule has 0 aliphatic carbocycles. The molecule has 0 saturated carbocycles. The molecule has 0 bridgehead atoms. The van der Waals surface area contributed by atoms with Gasteiger partial charge in [0.15, 0.2) is 23.7 Å². The molecule has 0 radical (unpaired) electrons. The number of hydrogen-bond acceptors (Lipinski definition) is 7. The highest BCUT2D eigenvalue weighted by Gasteiger charge is 2.35. The molecule has 2 unspecified atom stereocenters. The zero-order valence-electron chi connectivity index (χ0n) is 21.1. The average molecular weight is 521 g/mol. The summed E-state index contributed by atoms with van der Waals surface area (Å²) >= 11 is 1.68. The van der Waals surface area contributed by atoms with Crippen molar-refractivity contribution in [2.75, 3.05) is 53.9 Å². The van der Waals surface area contributed by atoms with Crippen molar-refractivity contribution in [2.24, 2.45) is 0 Å². The molecule has 1 aromatic heterocycles. The zero-order chi connectivity index (χ0) is 26.0. The van der Waals surface area contributed by atoms with Crippen molar-refractivity contribution in [2.45, 2.75) is 46.1 Å². The molecule has 35 heavy (non-hydrogen) atoms. The molecule has 0 N–H and O–H groups in total. The maximum absolute atomic E-state index is 12.2. The normalized spacial score (nSPS) is 17.2. The Morgan fingerprint density at radius 2 is 1.29 bits per heavy atom. The fourth-order valence-corrected chi connectivity index (χ4v) is 4.30. The Bertz CT molecular complexity index is 875. The van der Waals surface area contributed by atoms with Crippen molar-refractivity contribution in [1.29, 1.82) is 0 Å². The highest BCUT2D eigenvalue weighted by Crippen LogP contribution is 2.45. The number of aryl methyl sites for hydroxylation is 4. The molecule has 0 spiro atoms. The Hall–Kier alpha value is -1.85. The molecule has 3 rings (SSSR count). The SMILES string of the molecule is COCCOCC1Oc2c(C)sc(C)c2OC1COCCOC.Cc1ccc(C)c(C(F)(F)F)c1. The van der Waals surface area contributed by atoms with E-state index in [0.717, 1.165) is 27.3 Å². The van der Waals surface area contributed by atoms with Crippen molar-refractivity contribution in [3.05, 3.63) is 44.6 Å². The van der Waals surface area contributed by atoms with E-state index in [1.165, 1.54) is 13.0 Å². The van der Waals surface area contributed by atoms with Gasteiger partial charge in [-0.1, -0.05) is 17.7 Å². The van der Waals surface area contributed by atoms with Crippen LogP contribution in [0.3, 0.4) is 0 Å². The molecule has 0 amide bonds. The second-order valence-electron chi connectivity index (χ2n) is 8.14. The lowest BCUT2D eigenvalue weighted by molar-refractivity contribution is -0.138. The van der Waals surface area contributed by atoms with Crippen LogP contribution >= 0.6 is 11.3 Å². The van der Waals surface area contributed by atoms with Crippen LogP contribution in [0.15, 0.2) is 18.2 Å². The van der Waals surface area contributed by atoms with Gasteiger partial charge in [0.25, 0.3) is 0 Å². The molecule has 1 aromatic carbocycles. The number of thiophene rings is 1. The van der Waals surface area contributed by atoms with E-state index >= 15 is 0 Å². The summed E-state index contributed by atoms with van der Waals surface area (Å²) in [5, 5.41) is 0. The number of rotatable bonds is 10. The van der Waals surface area contributed by atoms with Crippen LogP contribution in [-0.2, 0) is 25.1 Å². The summed E-state index contributed by atoms with van der Waals surface area (Å²) in [4.78, 5) is 2.25. The topological polar surface area (TPSA) is 55.4 Å². The Morgan fingerprint density at radius 3 is 1.69 bits per heavy atom. The number of benzene rings is 1. The fraction of sp³-hybridized carbons (Fsp3) is 0.600. The molecular weight excluding hydrogens is 485 g/mol. The zero-order valence-corrected chi connectivity index (χ0v) is 21.9. The summed E-state index contributed by atoms with van der Waals surface area (Å²) in [6.07, 6.45) is -4.62. The van der Waals surface area contributed by atoms with E-state index in [4.69, 9.17) is 28.4 Å². The highest BCUT2D eigenvalue weighted by molar-refractivity contribution is 7.12. The van der Waals surface area contributed by atoms with E-state index in [0.29, 0.717) is 45.2 Å². The minimum atomic E-state index is -4.23. The summed E-state index contributed by atoms with van der Waals surface area (Å²) in [5.41, 5.74) is 0.364. The molecule has 1 aliphatic rings. The molecule has 198 valence electrons. The molecule has 2 aromatic rings. The van der Waals surface area contributed by atoms with E-state index in [2.05, 4.69) is 0 Å². The van der Waals surface area contributed by atoms with Gasteiger partial charge in [0, 0.05) is 24.0 Å². The van der Waals surface area contributed by atoms with Gasteiger partial charge in [0.2, 0.25) is 0 Å². The first kappa shape index (κ1) is 29.4. The lowest BCUT2D eigenvalue weighted by atomic mass is 10.1.